The van der Waals surface area contributed by atoms with E-state index in [1.54, 1.807) is 11.9 Å². The fourth-order valence-corrected chi connectivity index (χ4v) is 2.95. The maximum absolute atomic E-state index is 12.3. The average Bonchev–Trinajstić information content (AvgIpc) is 3.13. The molecule has 29 heavy (non-hydrogen) atoms. The Kier molecular flexibility index (Phi) is 11.3. The van der Waals surface area contributed by atoms with Crippen LogP contribution < -0.4 is 10.6 Å². The molecule has 1 amide bonds. The maximum Gasteiger partial charge on any atom is 0.224 e. The minimum Gasteiger partial charge on any atom is -0.361 e. The van der Waals surface area contributed by atoms with E-state index in [0.29, 0.717) is 32.0 Å². The van der Waals surface area contributed by atoms with Crippen molar-refractivity contribution in [3.8, 4) is 0 Å². The Morgan fingerprint density at radius 3 is 2.52 bits per heavy atom. The summed E-state index contributed by atoms with van der Waals surface area (Å²) < 4.78 is 5.39. The SMILES string of the molecule is CCc1noc(CC)c1CNC(=NC)NCCC(=O)N(C)Cc1ccccc1.I. The van der Waals surface area contributed by atoms with Gasteiger partial charge in [-0.15, -0.1) is 24.0 Å². The standard InChI is InChI=1S/C21H31N5O2.HI/c1-5-18-17(19(6-2)28-25-18)14-24-21(22-3)23-13-12-20(27)26(4)15-16-10-8-7-9-11-16;/h7-11H,5-6,12-15H2,1-4H3,(H2,22,23,24);1H. The molecule has 1 aromatic carbocycles. The van der Waals surface area contributed by atoms with Crippen LogP contribution in [-0.4, -0.2) is 42.6 Å². The zero-order chi connectivity index (χ0) is 20.4. The highest BCUT2D eigenvalue weighted by Crippen LogP contribution is 2.15. The summed E-state index contributed by atoms with van der Waals surface area (Å²) in [6, 6.07) is 9.98. The molecule has 2 rings (SSSR count). The second-order valence-electron chi connectivity index (χ2n) is 6.58. The number of carbonyl (C=O) groups is 1. The van der Waals surface area contributed by atoms with Gasteiger partial charge in [-0.25, -0.2) is 0 Å². The van der Waals surface area contributed by atoms with Crippen LogP contribution in [-0.2, 0) is 30.7 Å². The minimum absolute atomic E-state index is 0. The van der Waals surface area contributed by atoms with Crippen molar-refractivity contribution in [1.82, 2.24) is 20.7 Å². The number of halogens is 1. The molecule has 2 aromatic rings. The van der Waals surface area contributed by atoms with Crippen molar-refractivity contribution in [2.75, 3.05) is 20.6 Å². The first-order chi connectivity index (χ1) is 13.6. The van der Waals surface area contributed by atoms with E-state index in [2.05, 4.69) is 27.7 Å². The zero-order valence-corrected chi connectivity index (χ0v) is 20.0. The van der Waals surface area contributed by atoms with Gasteiger partial charge >= 0.3 is 0 Å². The monoisotopic (exact) mass is 513 g/mol. The number of nitrogens with zero attached hydrogens (tertiary/aromatic N) is 3. The van der Waals surface area contributed by atoms with Crippen molar-refractivity contribution < 1.29 is 9.32 Å². The third-order valence-electron chi connectivity index (χ3n) is 4.58. The predicted molar refractivity (Wildman–Crippen MR) is 126 cm³/mol. The molecule has 1 aromatic heterocycles. The lowest BCUT2D eigenvalue weighted by Crippen LogP contribution is -2.39. The second-order valence-corrected chi connectivity index (χ2v) is 6.58. The molecule has 160 valence electrons. The first-order valence-corrected chi connectivity index (χ1v) is 9.77. The molecule has 0 saturated carbocycles. The Labute approximate surface area is 190 Å². The molecule has 1 heterocycles. The Morgan fingerprint density at radius 2 is 1.90 bits per heavy atom. The van der Waals surface area contributed by atoms with Crippen molar-refractivity contribution in [2.45, 2.75) is 46.2 Å². The van der Waals surface area contributed by atoms with Crippen LogP contribution >= 0.6 is 24.0 Å². The van der Waals surface area contributed by atoms with Gasteiger partial charge in [0, 0.05) is 52.1 Å². The van der Waals surface area contributed by atoms with Crippen molar-refractivity contribution in [2.24, 2.45) is 4.99 Å². The van der Waals surface area contributed by atoms with Crippen LogP contribution in [0.15, 0.2) is 39.8 Å². The van der Waals surface area contributed by atoms with Gasteiger partial charge in [0.15, 0.2) is 5.96 Å². The molecule has 0 aliphatic carbocycles. The first-order valence-electron chi connectivity index (χ1n) is 9.77. The third-order valence-corrected chi connectivity index (χ3v) is 4.58. The van der Waals surface area contributed by atoms with Gasteiger partial charge in [0.05, 0.1) is 5.69 Å². The summed E-state index contributed by atoms with van der Waals surface area (Å²) >= 11 is 0. The van der Waals surface area contributed by atoms with Gasteiger partial charge in [-0.3, -0.25) is 9.79 Å². The van der Waals surface area contributed by atoms with Crippen LogP contribution in [0.4, 0.5) is 0 Å². The molecule has 0 fully saturated rings. The van der Waals surface area contributed by atoms with E-state index in [9.17, 15) is 4.79 Å². The maximum atomic E-state index is 12.3. The zero-order valence-electron chi connectivity index (χ0n) is 17.7. The number of hydrogen-bond donors (Lipinski definition) is 2. The molecule has 0 radical (unpaired) electrons. The Balaban J connectivity index is 0.00000420. The number of nitrogens with one attached hydrogen (secondary N) is 2. The lowest BCUT2D eigenvalue weighted by molar-refractivity contribution is -0.130. The van der Waals surface area contributed by atoms with Crippen molar-refractivity contribution >= 4 is 35.8 Å². The molecule has 0 spiro atoms. The van der Waals surface area contributed by atoms with Crippen LogP contribution in [0, 0.1) is 0 Å². The molecular weight excluding hydrogens is 481 g/mol. The minimum atomic E-state index is 0. The summed E-state index contributed by atoms with van der Waals surface area (Å²) in [5.74, 6) is 1.65. The topological polar surface area (TPSA) is 82.8 Å². The van der Waals surface area contributed by atoms with Gasteiger partial charge in [0.1, 0.15) is 5.76 Å². The molecule has 2 N–H and O–H groups in total. The van der Waals surface area contributed by atoms with Gasteiger partial charge in [-0.05, 0) is 12.0 Å². The predicted octanol–water partition coefficient (Wildman–Crippen LogP) is 3.13. The molecule has 0 atom stereocenters. The largest absolute Gasteiger partial charge is 0.361 e. The van der Waals surface area contributed by atoms with Gasteiger partial charge in [-0.2, -0.15) is 0 Å². The number of benzene rings is 1. The van der Waals surface area contributed by atoms with Gasteiger partial charge in [-0.1, -0.05) is 49.3 Å². The van der Waals surface area contributed by atoms with Crippen LogP contribution in [0.2, 0.25) is 0 Å². The summed E-state index contributed by atoms with van der Waals surface area (Å²) in [6.07, 6.45) is 2.03. The van der Waals surface area contributed by atoms with Gasteiger partial charge < -0.3 is 20.1 Å². The number of aromatic nitrogens is 1. The Hall–Kier alpha value is -2.10. The van der Waals surface area contributed by atoms with Crippen LogP contribution in [0.3, 0.4) is 0 Å². The van der Waals surface area contributed by atoms with E-state index in [1.165, 1.54) is 0 Å². The molecule has 0 saturated heterocycles. The normalized spacial score (nSPS) is 11.0. The quantitative estimate of drug-likeness (QED) is 0.306. The van der Waals surface area contributed by atoms with Crippen molar-refractivity contribution in [1.29, 1.82) is 0 Å². The highest BCUT2D eigenvalue weighted by molar-refractivity contribution is 14.0. The number of carbonyl (C=O) groups excluding carboxylic acids is 1. The van der Waals surface area contributed by atoms with E-state index in [1.807, 2.05) is 44.3 Å². The molecule has 0 unspecified atom stereocenters. The van der Waals surface area contributed by atoms with E-state index in [0.717, 1.165) is 35.4 Å². The average molecular weight is 513 g/mol. The number of aliphatic imine (C=N–C) groups is 1. The highest BCUT2D eigenvalue weighted by atomic mass is 127. The van der Waals surface area contributed by atoms with Crippen LogP contribution in [0.25, 0.3) is 0 Å². The number of amides is 1. The summed E-state index contributed by atoms with van der Waals surface area (Å²) in [5, 5.41) is 10.6. The number of rotatable bonds is 9. The first kappa shape index (κ1) is 24.9. The van der Waals surface area contributed by atoms with E-state index >= 15 is 0 Å². The van der Waals surface area contributed by atoms with Crippen LogP contribution in [0.1, 0.15) is 42.8 Å². The highest BCUT2D eigenvalue weighted by Gasteiger charge is 2.14. The van der Waals surface area contributed by atoms with Gasteiger partial charge in [0.25, 0.3) is 0 Å². The summed E-state index contributed by atoms with van der Waals surface area (Å²) in [7, 11) is 3.54. The lowest BCUT2D eigenvalue weighted by atomic mass is 10.1. The molecule has 0 aliphatic heterocycles. The molecular formula is C21H32IN5O2. The summed E-state index contributed by atoms with van der Waals surface area (Å²) in [5.41, 5.74) is 3.18. The number of hydrogen-bond acceptors (Lipinski definition) is 4. The van der Waals surface area contributed by atoms with E-state index in [4.69, 9.17) is 4.52 Å². The van der Waals surface area contributed by atoms with E-state index < -0.39 is 0 Å². The summed E-state index contributed by atoms with van der Waals surface area (Å²) in [4.78, 5) is 18.3. The lowest BCUT2D eigenvalue weighted by Gasteiger charge is -2.18. The smallest absolute Gasteiger partial charge is 0.224 e. The molecule has 0 aliphatic rings. The van der Waals surface area contributed by atoms with Gasteiger partial charge in [0.2, 0.25) is 5.91 Å². The second kappa shape index (κ2) is 13.2. The van der Waals surface area contributed by atoms with Crippen LogP contribution in [0.5, 0.6) is 0 Å². The Morgan fingerprint density at radius 1 is 1.17 bits per heavy atom. The van der Waals surface area contributed by atoms with Crippen molar-refractivity contribution in [3.05, 3.63) is 52.9 Å². The molecule has 7 nitrogen and oxygen atoms in total. The van der Waals surface area contributed by atoms with Crippen molar-refractivity contribution in [3.63, 3.8) is 0 Å². The summed E-state index contributed by atoms with van der Waals surface area (Å²) in [6.45, 7) is 5.83. The fourth-order valence-electron chi connectivity index (χ4n) is 2.95. The third kappa shape index (κ3) is 7.68. The molecule has 0 bridgehead atoms. The molecule has 8 heteroatoms. The van der Waals surface area contributed by atoms with E-state index in [-0.39, 0.29) is 29.9 Å². The fraction of sp³-hybridized carbons (Fsp3) is 0.476. The number of guanidine groups is 1. The number of aryl methyl sites for hydroxylation is 2. The Bertz CT molecular complexity index is 755.